The van der Waals surface area contributed by atoms with Crippen molar-refractivity contribution >= 4 is 5.97 Å². The summed E-state index contributed by atoms with van der Waals surface area (Å²) in [6.07, 6.45) is 0.236. The topological polar surface area (TPSA) is 64.4 Å². The lowest BCUT2D eigenvalue weighted by molar-refractivity contribution is -0.143. The number of rotatable bonds is 2. The van der Waals surface area contributed by atoms with Gasteiger partial charge in [0, 0.05) is 24.9 Å². The van der Waals surface area contributed by atoms with E-state index in [-0.39, 0.29) is 6.10 Å². The van der Waals surface area contributed by atoms with Crippen molar-refractivity contribution in [3.63, 3.8) is 0 Å². The molecule has 5 heteroatoms. The van der Waals surface area contributed by atoms with Crippen LogP contribution in [0.4, 0.5) is 0 Å². The summed E-state index contributed by atoms with van der Waals surface area (Å²) in [6, 6.07) is 0. The van der Waals surface area contributed by atoms with Gasteiger partial charge in [-0.25, -0.2) is 0 Å². The Kier molecular flexibility index (Phi) is 2.71. The SMILES string of the molecule is Cc1nn(C)c(C)c1[C@@H]1OCC[C@@H]1C(=O)O. The summed E-state index contributed by atoms with van der Waals surface area (Å²) < 4.78 is 7.32. The molecule has 2 rings (SSSR count). The molecule has 5 nitrogen and oxygen atoms in total. The first-order chi connectivity index (χ1) is 7.52. The molecule has 2 atom stereocenters. The first kappa shape index (κ1) is 11.1. The van der Waals surface area contributed by atoms with Gasteiger partial charge in [-0.15, -0.1) is 0 Å². The molecule has 0 radical (unpaired) electrons. The van der Waals surface area contributed by atoms with Gasteiger partial charge in [-0.2, -0.15) is 5.10 Å². The number of carbonyl (C=O) groups is 1. The Bertz CT molecular complexity index is 425. The minimum atomic E-state index is -0.787. The predicted octanol–water partition coefficient (Wildman–Crippen LogP) is 1.20. The van der Waals surface area contributed by atoms with E-state index in [1.165, 1.54) is 0 Å². The highest BCUT2D eigenvalue weighted by atomic mass is 16.5. The van der Waals surface area contributed by atoms with E-state index in [1.807, 2.05) is 20.9 Å². The van der Waals surface area contributed by atoms with Crippen LogP contribution in [0, 0.1) is 19.8 Å². The number of aryl methyl sites for hydroxylation is 2. The fourth-order valence-corrected chi connectivity index (χ4v) is 2.33. The molecule has 0 saturated carbocycles. The molecule has 0 unspecified atom stereocenters. The van der Waals surface area contributed by atoms with Crippen molar-refractivity contribution in [2.24, 2.45) is 13.0 Å². The van der Waals surface area contributed by atoms with Crippen molar-refractivity contribution in [3.8, 4) is 0 Å². The van der Waals surface area contributed by atoms with E-state index in [4.69, 9.17) is 9.84 Å². The highest BCUT2D eigenvalue weighted by Gasteiger charge is 2.37. The summed E-state index contributed by atoms with van der Waals surface area (Å²) >= 11 is 0. The van der Waals surface area contributed by atoms with Gasteiger partial charge in [0.15, 0.2) is 0 Å². The molecule has 0 bridgehead atoms. The number of aromatic nitrogens is 2. The highest BCUT2D eigenvalue weighted by Crippen LogP contribution is 2.37. The van der Waals surface area contributed by atoms with Gasteiger partial charge in [0.2, 0.25) is 0 Å². The van der Waals surface area contributed by atoms with Gasteiger partial charge in [0.25, 0.3) is 0 Å². The van der Waals surface area contributed by atoms with Crippen LogP contribution >= 0.6 is 0 Å². The summed E-state index contributed by atoms with van der Waals surface area (Å²) in [6.45, 7) is 4.34. The molecular formula is C11H16N2O3. The largest absolute Gasteiger partial charge is 0.481 e. The van der Waals surface area contributed by atoms with E-state index in [1.54, 1.807) is 4.68 Å². The predicted molar refractivity (Wildman–Crippen MR) is 57.1 cm³/mol. The second-order valence-electron chi connectivity index (χ2n) is 4.23. The fraction of sp³-hybridized carbons (Fsp3) is 0.636. The third-order valence-corrected chi connectivity index (χ3v) is 3.26. The van der Waals surface area contributed by atoms with Crippen molar-refractivity contribution in [2.45, 2.75) is 26.4 Å². The average molecular weight is 224 g/mol. The number of carboxylic acids is 1. The lowest BCUT2D eigenvalue weighted by atomic mass is 9.94. The van der Waals surface area contributed by atoms with E-state index >= 15 is 0 Å². The number of carboxylic acid groups (broad SMARTS) is 1. The molecule has 0 aliphatic carbocycles. The Hall–Kier alpha value is -1.36. The fourth-order valence-electron chi connectivity index (χ4n) is 2.33. The van der Waals surface area contributed by atoms with Gasteiger partial charge >= 0.3 is 5.97 Å². The molecule has 2 heterocycles. The summed E-state index contributed by atoms with van der Waals surface area (Å²) in [4.78, 5) is 11.1. The van der Waals surface area contributed by atoms with Gasteiger partial charge < -0.3 is 9.84 Å². The maximum absolute atomic E-state index is 11.1. The quantitative estimate of drug-likeness (QED) is 0.819. The van der Waals surface area contributed by atoms with E-state index < -0.39 is 11.9 Å². The molecule has 1 aliphatic heterocycles. The zero-order chi connectivity index (χ0) is 11.9. The summed E-state index contributed by atoms with van der Waals surface area (Å²) in [7, 11) is 1.86. The maximum Gasteiger partial charge on any atom is 0.309 e. The Morgan fingerprint density at radius 2 is 2.25 bits per heavy atom. The molecule has 1 N–H and O–H groups in total. The molecule has 1 aromatic heterocycles. The summed E-state index contributed by atoms with van der Waals surface area (Å²) in [5, 5.41) is 13.4. The second-order valence-corrected chi connectivity index (χ2v) is 4.23. The van der Waals surface area contributed by atoms with E-state index in [0.717, 1.165) is 17.0 Å². The van der Waals surface area contributed by atoms with E-state index in [0.29, 0.717) is 13.0 Å². The maximum atomic E-state index is 11.1. The highest BCUT2D eigenvalue weighted by molar-refractivity contribution is 5.71. The molecule has 0 aromatic carbocycles. The van der Waals surface area contributed by atoms with Crippen LogP contribution in [0.1, 0.15) is 29.5 Å². The Labute approximate surface area is 94.0 Å². The van der Waals surface area contributed by atoms with Crippen LogP contribution in [0.25, 0.3) is 0 Å². The van der Waals surface area contributed by atoms with Crippen LogP contribution in [0.5, 0.6) is 0 Å². The van der Waals surface area contributed by atoms with Crippen LogP contribution in [0.3, 0.4) is 0 Å². The summed E-state index contributed by atoms with van der Waals surface area (Å²) in [5.41, 5.74) is 2.78. The molecule has 16 heavy (non-hydrogen) atoms. The zero-order valence-electron chi connectivity index (χ0n) is 9.73. The number of aliphatic carboxylic acids is 1. The van der Waals surface area contributed by atoms with Crippen LogP contribution in [0.2, 0.25) is 0 Å². The van der Waals surface area contributed by atoms with Gasteiger partial charge in [-0.1, -0.05) is 0 Å². The normalized spacial score (nSPS) is 24.9. The molecule has 88 valence electrons. The third-order valence-electron chi connectivity index (χ3n) is 3.26. The second kappa shape index (κ2) is 3.90. The minimum Gasteiger partial charge on any atom is -0.481 e. The van der Waals surface area contributed by atoms with Gasteiger partial charge in [0.1, 0.15) is 0 Å². The lowest BCUT2D eigenvalue weighted by Gasteiger charge is -2.15. The Morgan fingerprint density at radius 1 is 1.56 bits per heavy atom. The Balaban J connectivity index is 2.40. The molecular weight excluding hydrogens is 208 g/mol. The Morgan fingerprint density at radius 3 is 2.75 bits per heavy atom. The van der Waals surface area contributed by atoms with Crippen molar-refractivity contribution in [1.29, 1.82) is 0 Å². The molecule has 1 fully saturated rings. The van der Waals surface area contributed by atoms with Crippen molar-refractivity contribution in [3.05, 3.63) is 17.0 Å². The molecule has 1 saturated heterocycles. The monoisotopic (exact) mass is 224 g/mol. The van der Waals surface area contributed by atoms with Gasteiger partial charge in [-0.05, 0) is 20.3 Å². The van der Waals surface area contributed by atoms with E-state index in [2.05, 4.69) is 5.10 Å². The number of ether oxygens (including phenoxy) is 1. The van der Waals surface area contributed by atoms with Crippen LogP contribution in [0.15, 0.2) is 0 Å². The molecule has 0 spiro atoms. The van der Waals surface area contributed by atoms with Crippen molar-refractivity contribution in [1.82, 2.24) is 9.78 Å². The van der Waals surface area contributed by atoms with Crippen LogP contribution in [-0.4, -0.2) is 27.5 Å². The minimum absolute atomic E-state index is 0.341. The smallest absolute Gasteiger partial charge is 0.309 e. The van der Waals surface area contributed by atoms with Crippen LogP contribution in [-0.2, 0) is 16.6 Å². The van der Waals surface area contributed by atoms with Crippen molar-refractivity contribution < 1.29 is 14.6 Å². The average Bonchev–Trinajstić information content (AvgIpc) is 2.73. The van der Waals surface area contributed by atoms with Gasteiger partial charge in [-0.3, -0.25) is 9.48 Å². The van der Waals surface area contributed by atoms with Crippen molar-refractivity contribution in [2.75, 3.05) is 6.61 Å². The first-order valence-electron chi connectivity index (χ1n) is 5.37. The first-order valence-corrected chi connectivity index (χ1v) is 5.37. The number of hydrogen-bond donors (Lipinski definition) is 1. The molecule has 1 aliphatic rings. The standard InChI is InChI=1S/C11H16N2O3/c1-6-9(7(2)13(3)12-6)10-8(11(14)15)4-5-16-10/h8,10H,4-5H2,1-3H3,(H,14,15)/t8-,10+/m0/s1. The van der Waals surface area contributed by atoms with Crippen LogP contribution < -0.4 is 0 Å². The summed E-state index contributed by atoms with van der Waals surface area (Å²) in [5.74, 6) is -1.23. The molecule has 0 amide bonds. The van der Waals surface area contributed by atoms with E-state index in [9.17, 15) is 4.79 Å². The number of nitrogens with zero attached hydrogens (tertiary/aromatic N) is 2. The lowest BCUT2D eigenvalue weighted by Crippen LogP contribution is -2.18. The van der Waals surface area contributed by atoms with Gasteiger partial charge in [0.05, 0.1) is 17.7 Å². The molecule has 1 aromatic rings. The zero-order valence-corrected chi connectivity index (χ0v) is 9.73. The number of hydrogen-bond acceptors (Lipinski definition) is 3. The third kappa shape index (κ3) is 1.61.